The molecule has 1 aromatic heterocycles. The summed E-state index contributed by atoms with van der Waals surface area (Å²) < 4.78 is 0. The van der Waals surface area contributed by atoms with E-state index in [1.165, 1.54) is 4.90 Å². The minimum Gasteiger partial charge on any atom is -0.331 e. The highest BCUT2D eigenvalue weighted by Crippen LogP contribution is 2.25. The second kappa shape index (κ2) is 7.75. The number of piperidine rings is 1. The number of hydrogen-bond donors (Lipinski definition) is 2. The van der Waals surface area contributed by atoms with Crippen molar-refractivity contribution in [3.05, 3.63) is 47.8 Å². The Labute approximate surface area is 147 Å². The van der Waals surface area contributed by atoms with Gasteiger partial charge in [-0.15, -0.1) is 11.8 Å². The molecule has 0 radical (unpaired) electrons. The number of thioether (sulfide) groups is 1. The Morgan fingerprint density at radius 3 is 2.83 bits per heavy atom. The molecule has 2 N–H and O–H groups in total. The van der Waals surface area contributed by atoms with Gasteiger partial charge in [0, 0.05) is 35.8 Å². The number of hydrogen-bond acceptors (Lipinski definition) is 3. The van der Waals surface area contributed by atoms with Crippen LogP contribution < -0.4 is 5.32 Å². The first-order valence-corrected chi connectivity index (χ1v) is 9.58. The number of H-pyrrole nitrogens is 1. The Balaban J connectivity index is 1.59. The Bertz CT molecular complexity index is 656. The van der Waals surface area contributed by atoms with Crippen molar-refractivity contribution in [1.82, 2.24) is 20.4 Å². The third-order valence-corrected chi connectivity index (χ3v) is 5.37. The molecule has 5 nitrogen and oxygen atoms in total. The lowest BCUT2D eigenvalue weighted by molar-refractivity contribution is 0.176. The van der Waals surface area contributed by atoms with E-state index in [2.05, 4.69) is 46.0 Å². The molecule has 1 saturated heterocycles. The summed E-state index contributed by atoms with van der Waals surface area (Å²) in [6.07, 6.45) is 5.95. The molecule has 1 aliphatic heterocycles. The molecule has 2 heterocycles. The van der Waals surface area contributed by atoms with Crippen LogP contribution in [0.4, 0.5) is 4.79 Å². The molecular formula is C18H24N4OS. The summed E-state index contributed by atoms with van der Waals surface area (Å²) in [5.41, 5.74) is 2.25. The fourth-order valence-electron chi connectivity index (χ4n) is 3.16. The molecule has 1 aromatic carbocycles. The van der Waals surface area contributed by atoms with Gasteiger partial charge >= 0.3 is 6.03 Å². The van der Waals surface area contributed by atoms with Crippen molar-refractivity contribution in [2.45, 2.75) is 36.6 Å². The average molecular weight is 344 g/mol. The van der Waals surface area contributed by atoms with Crippen molar-refractivity contribution < 1.29 is 4.79 Å². The number of amides is 2. The molecule has 0 unspecified atom stereocenters. The van der Waals surface area contributed by atoms with Crippen molar-refractivity contribution in [2.75, 3.05) is 19.3 Å². The number of carbonyl (C=O) groups is 1. The van der Waals surface area contributed by atoms with E-state index >= 15 is 0 Å². The Morgan fingerprint density at radius 1 is 1.38 bits per heavy atom. The van der Waals surface area contributed by atoms with E-state index in [4.69, 9.17) is 0 Å². The maximum Gasteiger partial charge on any atom is 0.317 e. The number of benzene rings is 1. The third kappa shape index (κ3) is 3.93. The molecule has 0 bridgehead atoms. The first-order valence-electron chi connectivity index (χ1n) is 8.36. The van der Waals surface area contributed by atoms with Gasteiger partial charge in [0.05, 0.1) is 6.04 Å². The van der Waals surface area contributed by atoms with Crippen molar-refractivity contribution in [1.29, 1.82) is 0 Å². The monoisotopic (exact) mass is 344 g/mol. The van der Waals surface area contributed by atoms with Crippen LogP contribution in [0.1, 0.15) is 43.0 Å². The van der Waals surface area contributed by atoms with Gasteiger partial charge in [0.15, 0.2) is 0 Å². The molecule has 6 heteroatoms. The van der Waals surface area contributed by atoms with Crippen molar-refractivity contribution in [3.8, 4) is 0 Å². The molecule has 2 amide bonds. The number of likely N-dealkylation sites (tertiary alicyclic amines) is 1. The lowest BCUT2D eigenvalue weighted by Crippen LogP contribution is -2.45. The molecule has 24 heavy (non-hydrogen) atoms. The van der Waals surface area contributed by atoms with Crippen LogP contribution in [0.3, 0.4) is 0 Å². The summed E-state index contributed by atoms with van der Waals surface area (Å²) in [4.78, 5) is 15.8. The van der Waals surface area contributed by atoms with Gasteiger partial charge in [-0.25, -0.2) is 4.79 Å². The van der Waals surface area contributed by atoms with E-state index in [9.17, 15) is 4.79 Å². The molecular weight excluding hydrogens is 320 g/mol. The van der Waals surface area contributed by atoms with Gasteiger partial charge in [-0.2, -0.15) is 5.10 Å². The minimum atomic E-state index is 0.000868. The van der Waals surface area contributed by atoms with Crippen molar-refractivity contribution in [2.24, 2.45) is 0 Å². The first kappa shape index (κ1) is 16.9. The van der Waals surface area contributed by atoms with Gasteiger partial charge in [-0.1, -0.05) is 12.1 Å². The van der Waals surface area contributed by atoms with E-state index in [1.54, 1.807) is 18.0 Å². The predicted octanol–water partition coefficient (Wildman–Crippen LogP) is 3.78. The van der Waals surface area contributed by atoms with E-state index in [0.29, 0.717) is 5.92 Å². The Hall–Kier alpha value is -1.95. The summed E-state index contributed by atoms with van der Waals surface area (Å²) in [5, 5.41) is 10.2. The van der Waals surface area contributed by atoms with Gasteiger partial charge in [0.1, 0.15) is 0 Å². The quantitative estimate of drug-likeness (QED) is 0.830. The molecule has 1 aliphatic rings. The highest BCUT2D eigenvalue weighted by molar-refractivity contribution is 7.98. The fraction of sp³-hybridized carbons (Fsp3) is 0.444. The lowest BCUT2D eigenvalue weighted by atomic mass is 9.95. The van der Waals surface area contributed by atoms with Crippen molar-refractivity contribution >= 4 is 17.8 Å². The second-order valence-electron chi connectivity index (χ2n) is 6.24. The summed E-state index contributed by atoms with van der Waals surface area (Å²) in [6, 6.07) is 10.4. The first-order chi connectivity index (χ1) is 11.7. The number of nitrogens with zero attached hydrogens (tertiary/aromatic N) is 2. The third-order valence-electron chi connectivity index (χ3n) is 4.63. The number of aromatic nitrogens is 2. The molecule has 128 valence electrons. The number of aromatic amines is 1. The van der Waals surface area contributed by atoms with Gasteiger partial charge in [0.25, 0.3) is 0 Å². The van der Waals surface area contributed by atoms with Crippen LogP contribution in [-0.2, 0) is 0 Å². The fourth-order valence-corrected chi connectivity index (χ4v) is 3.57. The molecule has 1 fully saturated rings. The highest BCUT2D eigenvalue weighted by atomic mass is 32.2. The Kier molecular flexibility index (Phi) is 5.45. The van der Waals surface area contributed by atoms with Crippen LogP contribution in [0, 0.1) is 0 Å². The number of nitrogens with one attached hydrogen (secondary N) is 2. The normalized spacial score (nSPS) is 19.1. The molecule has 0 spiro atoms. The minimum absolute atomic E-state index is 0.000868. The van der Waals surface area contributed by atoms with Crippen molar-refractivity contribution in [3.63, 3.8) is 0 Å². The van der Waals surface area contributed by atoms with Crippen LogP contribution in [0.5, 0.6) is 0 Å². The summed E-state index contributed by atoms with van der Waals surface area (Å²) >= 11 is 1.72. The zero-order valence-corrected chi connectivity index (χ0v) is 15.0. The molecule has 0 saturated carbocycles. The lowest BCUT2D eigenvalue weighted by Gasteiger charge is -2.33. The SMILES string of the molecule is CSc1ccc([C@@H](C)NC(=O)N2CCC[C@@H](c3ccn[nH]3)C2)cc1. The van der Waals surface area contributed by atoms with Crippen LogP contribution >= 0.6 is 11.8 Å². The zero-order valence-electron chi connectivity index (χ0n) is 14.2. The summed E-state index contributed by atoms with van der Waals surface area (Å²) in [5.74, 6) is 0.350. The summed E-state index contributed by atoms with van der Waals surface area (Å²) in [7, 11) is 0. The van der Waals surface area contributed by atoms with Crippen LogP contribution in [-0.4, -0.2) is 40.5 Å². The predicted molar refractivity (Wildman–Crippen MR) is 97.3 cm³/mol. The van der Waals surface area contributed by atoms with Crippen LogP contribution in [0.25, 0.3) is 0 Å². The average Bonchev–Trinajstić information content (AvgIpc) is 3.16. The van der Waals surface area contributed by atoms with Gasteiger partial charge in [-0.05, 0) is 49.8 Å². The summed E-state index contributed by atoms with van der Waals surface area (Å²) in [6.45, 7) is 3.59. The van der Waals surface area contributed by atoms with Gasteiger partial charge < -0.3 is 10.2 Å². The Morgan fingerprint density at radius 2 is 2.17 bits per heavy atom. The van der Waals surface area contributed by atoms with E-state index in [1.807, 2.05) is 17.9 Å². The van der Waals surface area contributed by atoms with E-state index in [0.717, 1.165) is 37.2 Å². The molecule has 2 atom stereocenters. The largest absolute Gasteiger partial charge is 0.331 e. The number of carbonyl (C=O) groups excluding carboxylic acids is 1. The highest BCUT2D eigenvalue weighted by Gasteiger charge is 2.26. The standard InChI is InChI=1S/C18H24N4OS/c1-13(14-5-7-16(24-2)8-6-14)20-18(23)22-11-3-4-15(12-22)17-9-10-19-21-17/h5-10,13,15H,3-4,11-12H2,1-2H3,(H,19,21)(H,20,23)/t13-,15-/m1/s1. The molecule has 0 aliphatic carbocycles. The smallest absolute Gasteiger partial charge is 0.317 e. The maximum absolute atomic E-state index is 12.6. The second-order valence-corrected chi connectivity index (χ2v) is 7.12. The zero-order chi connectivity index (χ0) is 16.9. The number of urea groups is 1. The van der Waals surface area contributed by atoms with Crippen LogP contribution in [0.15, 0.2) is 41.4 Å². The van der Waals surface area contributed by atoms with E-state index < -0.39 is 0 Å². The topological polar surface area (TPSA) is 61.0 Å². The van der Waals surface area contributed by atoms with E-state index in [-0.39, 0.29) is 12.1 Å². The molecule has 3 rings (SSSR count). The molecule has 2 aromatic rings. The van der Waals surface area contributed by atoms with Gasteiger partial charge in [0.2, 0.25) is 0 Å². The van der Waals surface area contributed by atoms with Crippen LogP contribution in [0.2, 0.25) is 0 Å². The maximum atomic E-state index is 12.6. The number of rotatable bonds is 4. The van der Waals surface area contributed by atoms with Gasteiger partial charge in [-0.3, -0.25) is 5.10 Å².